The highest BCUT2D eigenvalue weighted by atomic mass is 16.5. The van der Waals surface area contributed by atoms with E-state index in [4.69, 9.17) is 5.73 Å². The van der Waals surface area contributed by atoms with E-state index in [0.29, 0.717) is 29.4 Å². The molecule has 0 fully saturated rings. The molecule has 21 heavy (non-hydrogen) atoms. The van der Waals surface area contributed by atoms with Crippen LogP contribution < -0.4 is 16.4 Å². The number of hydrogen-bond donors (Lipinski definition) is 3. The maximum Gasteiger partial charge on any atom is 0.337 e. The molecule has 2 aromatic rings. The molecule has 0 saturated carbocycles. The third-order valence-electron chi connectivity index (χ3n) is 2.80. The van der Waals surface area contributed by atoms with E-state index >= 15 is 0 Å². The number of benzene rings is 1. The zero-order valence-corrected chi connectivity index (χ0v) is 11.9. The van der Waals surface area contributed by atoms with E-state index in [1.165, 1.54) is 13.4 Å². The third kappa shape index (κ3) is 3.38. The second-order valence-electron chi connectivity index (χ2n) is 4.21. The first-order valence-electron chi connectivity index (χ1n) is 6.45. The fourth-order valence-electron chi connectivity index (χ4n) is 1.75. The van der Waals surface area contributed by atoms with Crippen molar-refractivity contribution in [2.75, 3.05) is 30.0 Å². The van der Waals surface area contributed by atoms with Crippen molar-refractivity contribution >= 4 is 29.0 Å². The molecule has 1 heterocycles. The Morgan fingerprint density at radius 2 is 1.90 bits per heavy atom. The number of carbonyl (C=O) groups is 1. The average molecular weight is 287 g/mol. The Morgan fingerprint density at radius 1 is 1.24 bits per heavy atom. The molecule has 0 bridgehead atoms. The second kappa shape index (κ2) is 6.56. The molecule has 0 atom stereocenters. The Kier molecular flexibility index (Phi) is 4.55. The van der Waals surface area contributed by atoms with Gasteiger partial charge >= 0.3 is 5.97 Å². The van der Waals surface area contributed by atoms with Crippen LogP contribution >= 0.6 is 0 Å². The molecule has 0 spiro atoms. The maximum atomic E-state index is 11.4. The zero-order chi connectivity index (χ0) is 15.2. The van der Waals surface area contributed by atoms with Crippen LogP contribution in [0.3, 0.4) is 0 Å². The normalized spacial score (nSPS) is 10.0. The average Bonchev–Trinajstić information content (AvgIpc) is 2.51. The lowest BCUT2D eigenvalue weighted by Gasteiger charge is -2.11. The van der Waals surface area contributed by atoms with E-state index < -0.39 is 0 Å². The van der Waals surface area contributed by atoms with E-state index in [1.54, 1.807) is 24.3 Å². The number of aromatic nitrogens is 2. The minimum Gasteiger partial charge on any atom is -0.465 e. The van der Waals surface area contributed by atoms with Crippen molar-refractivity contribution in [1.82, 2.24) is 9.97 Å². The summed E-state index contributed by atoms with van der Waals surface area (Å²) in [5.41, 5.74) is 7.67. The van der Waals surface area contributed by atoms with Gasteiger partial charge in [-0.3, -0.25) is 0 Å². The summed E-state index contributed by atoms with van der Waals surface area (Å²) in [5.74, 6) is 0.713. The van der Waals surface area contributed by atoms with Gasteiger partial charge in [-0.2, -0.15) is 0 Å². The minimum absolute atomic E-state index is 0.377. The van der Waals surface area contributed by atoms with Crippen molar-refractivity contribution in [2.45, 2.75) is 6.92 Å². The smallest absolute Gasteiger partial charge is 0.337 e. The number of anilines is 4. The third-order valence-corrected chi connectivity index (χ3v) is 2.80. The summed E-state index contributed by atoms with van der Waals surface area (Å²) in [7, 11) is 1.35. The van der Waals surface area contributed by atoms with Crippen LogP contribution in [0.15, 0.2) is 30.6 Å². The van der Waals surface area contributed by atoms with Gasteiger partial charge in [-0.25, -0.2) is 14.8 Å². The summed E-state index contributed by atoms with van der Waals surface area (Å²) in [6.07, 6.45) is 1.43. The van der Waals surface area contributed by atoms with Gasteiger partial charge in [0.1, 0.15) is 12.0 Å². The number of ether oxygens (including phenoxy) is 1. The number of methoxy groups -OCH3 is 1. The molecule has 1 aromatic heterocycles. The van der Waals surface area contributed by atoms with Gasteiger partial charge in [-0.15, -0.1) is 0 Å². The quantitative estimate of drug-likeness (QED) is 0.723. The number of carbonyl (C=O) groups excluding carboxylic acids is 1. The molecular formula is C14H17N5O2. The van der Waals surface area contributed by atoms with Crippen LogP contribution in [-0.4, -0.2) is 29.6 Å². The lowest BCUT2D eigenvalue weighted by atomic mass is 10.2. The number of nitrogen functional groups attached to an aromatic ring is 1. The molecule has 0 aliphatic carbocycles. The van der Waals surface area contributed by atoms with Gasteiger partial charge in [0.05, 0.1) is 12.7 Å². The van der Waals surface area contributed by atoms with E-state index in [-0.39, 0.29) is 5.97 Å². The Balaban J connectivity index is 2.18. The van der Waals surface area contributed by atoms with Crippen LogP contribution in [0.1, 0.15) is 17.3 Å². The van der Waals surface area contributed by atoms with Gasteiger partial charge in [0.15, 0.2) is 11.6 Å². The second-order valence-corrected chi connectivity index (χ2v) is 4.21. The zero-order valence-electron chi connectivity index (χ0n) is 11.9. The molecule has 7 heteroatoms. The number of nitrogens with one attached hydrogen (secondary N) is 2. The Morgan fingerprint density at radius 3 is 2.52 bits per heavy atom. The largest absolute Gasteiger partial charge is 0.465 e. The predicted molar refractivity (Wildman–Crippen MR) is 81.7 cm³/mol. The van der Waals surface area contributed by atoms with Crippen molar-refractivity contribution in [2.24, 2.45) is 0 Å². The Bertz CT molecular complexity index is 628. The summed E-state index contributed by atoms with van der Waals surface area (Å²) < 4.78 is 4.65. The number of esters is 1. The first kappa shape index (κ1) is 14.6. The topological polar surface area (TPSA) is 102 Å². The number of hydrogen-bond acceptors (Lipinski definition) is 7. The minimum atomic E-state index is -0.377. The maximum absolute atomic E-state index is 11.4. The van der Waals surface area contributed by atoms with E-state index in [2.05, 4.69) is 25.3 Å². The van der Waals surface area contributed by atoms with Crippen molar-refractivity contribution < 1.29 is 9.53 Å². The molecule has 0 radical (unpaired) electrons. The summed E-state index contributed by atoms with van der Waals surface area (Å²) in [6, 6.07) is 6.83. The lowest BCUT2D eigenvalue weighted by Crippen LogP contribution is -2.07. The number of nitrogens with two attached hydrogens (primary N) is 1. The fourth-order valence-corrected chi connectivity index (χ4v) is 1.75. The van der Waals surface area contributed by atoms with Gasteiger partial charge in [0, 0.05) is 12.2 Å². The monoisotopic (exact) mass is 287 g/mol. The lowest BCUT2D eigenvalue weighted by molar-refractivity contribution is 0.0601. The van der Waals surface area contributed by atoms with Gasteiger partial charge in [0.2, 0.25) is 0 Å². The molecule has 0 aliphatic heterocycles. The molecule has 2 rings (SSSR count). The molecule has 110 valence electrons. The molecule has 1 aromatic carbocycles. The van der Waals surface area contributed by atoms with Crippen LogP contribution in [0.25, 0.3) is 0 Å². The van der Waals surface area contributed by atoms with Crippen molar-refractivity contribution in [1.29, 1.82) is 0 Å². The summed E-state index contributed by atoms with van der Waals surface area (Å²) >= 11 is 0. The highest BCUT2D eigenvalue weighted by Gasteiger charge is 2.08. The number of rotatable bonds is 5. The van der Waals surface area contributed by atoms with E-state index in [9.17, 15) is 4.79 Å². The van der Waals surface area contributed by atoms with Gasteiger partial charge in [-0.05, 0) is 31.2 Å². The van der Waals surface area contributed by atoms with E-state index in [1.807, 2.05) is 6.92 Å². The standard InChI is InChI=1S/C14H17N5O2/c1-3-16-12-11(15)13(18-8-17-12)19-10-6-4-9(5-7-10)14(20)21-2/h4-8H,3,15H2,1-2H3,(H2,16,17,18,19). The fraction of sp³-hybridized carbons (Fsp3) is 0.214. The van der Waals surface area contributed by atoms with Crippen molar-refractivity contribution in [3.8, 4) is 0 Å². The van der Waals surface area contributed by atoms with Crippen LogP contribution in [0.5, 0.6) is 0 Å². The molecule has 0 unspecified atom stereocenters. The highest BCUT2D eigenvalue weighted by Crippen LogP contribution is 2.25. The van der Waals surface area contributed by atoms with Crippen LogP contribution in [0.4, 0.5) is 23.0 Å². The molecule has 0 aliphatic rings. The molecule has 4 N–H and O–H groups in total. The summed E-state index contributed by atoms with van der Waals surface area (Å²) in [4.78, 5) is 19.5. The predicted octanol–water partition coefficient (Wildman–Crippen LogP) is 2.02. The Labute approximate surface area is 122 Å². The van der Waals surface area contributed by atoms with E-state index in [0.717, 1.165) is 5.69 Å². The SMILES string of the molecule is CCNc1ncnc(Nc2ccc(C(=O)OC)cc2)c1N. The molecule has 7 nitrogen and oxygen atoms in total. The molecular weight excluding hydrogens is 270 g/mol. The summed E-state index contributed by atoms with van der Waals surface area (Å²) in [6.45, 7) is 2.68. The van der Waals surface area contributed by atoms with Crippen molar-refractivity contribution in [3.05, 3.63) is 36.2 Å². The number of nitrogens with zero attached hydrogens (tertiary/aromatic N) is 2. The Hall–Kier alpha value is -2.83. The van der Waals surface area contributed by atoms with Gasteiger partial charge in [0.25, 0.3) is 0 Å². The molecule has 0 amide bonds. The van der Waals surface area contributed by atoms with Crippen molar-refractivity contribution in [3.63, 3.8) is 0 Å². The van der Waals surface area contributed by atoms with Crippen LogP contribution in [0.2, 0.25) is 0 Å². The van der Waals surface area contributed by atoms with Crippen LogP contribution in [0, 0.1) is 0 Å². The first-order valence-corrected chi connectivity index (χ1v) is 6.45. The van der Waals surface area contributed by atoms with Crippen LogP contribution in [-0.2, 0) is 4.74 Å². The summed E-state index contributed by atoms with van der Waals surface area (Å²) in [5, 5.41) is 6.14. The van der Waals surface area contributed by atoms with Gasteiger partial charge in [-0.1, -0.05) is 0 Å². The highest BCUT2D eigenvalue weighted by molar-refractivity contribution is 5.90. The molecule has 0 saturated heterocycles. The first-order chi connectivity index (χ1) is 10.2. The van der Waals surface area contributed by atoms with Gasteiger partial charge < -0.3 is 21.1 Å².